The number of carbonyl (C=O) groups is 2. The highest BCUT2D eigenvalue weighted by Crippen LogP contribution is 2.32. The number of amides is 2. The number of carbonyl (C=O) groups excluding carboxylic acids is 2. The lowest BCUT2D eigenvalue weighted by Gasteiger charge is -2.27. The molecule has 2 aromatic carbocycles. The van der Waals surface area contributed by atoms with Crippen molar-refractivity contribution in [1.29, 1.82) is 0 Å². The second-order valence-electron chi connectivity index (χ2n) is 7.75. The van der Waals surface area contributed by atoms with E-state index in [1.54, 1.807) is 0 Å². The summed E-state index contributed by atoms with van der Waals surface area (Å²) in [5.74, 6) is -0.486. The van der Waals surface area contributed by atoms with Crippen molar-refractivity contribution in [3.05, 3.63) is 96.1 Å². The molecule has 0 N–H and O–H groups in total. The first-order chi connectivity index (χ1) is 14.1. The molecular formula is C25H25NO3. The van der Waals surface area contributed by atoms with E-state index in [-0.39, 0.29) is 29.9 Å². The van der Waals surface area contributed by atoms with Crippen LogP contribution in [0.15, 0.2) is 85.0 Å². The van der Waals surface area contributed by atoms with Crippen molar-refractivity contribution in [2.45, 2.75) is 31.9 Å². The molecule has 1 heterocycles. The van der Waals surface area contributed by atoms with Gasteiger partial charge in [-0.2, -0.15) is 0 Å². The molecule has 1 aliphatic heterocycles. The monoisotopic (exact) mass is 387 g/mol. The first-order valence-corrected chi connectivity index (χ1v) is 10.1. The van der Waals surface area contributed by atoms with Crippen molar-refractivity contribution in [2.24, 2.45) is 11.8 Å². The first kappa shape index (κ1) is 19.2. The van der Waals surface area contributed by atoms with Gasteiger partial charge in [-0.25, -0.2) is 9.69 Å². The molecule has 4 rings (SSSR count). The summed E-state index contributed by atoms with van der Waals surface area (Å²) in [6.45, 7) is 1.88. The lowest BCUT2D eigenvalue weighted by atomic mass is 9.91. The minimum Gasteiger partial charge on any atom is -0.443 e. The Labute approximate surface area is 171 Å². The van der Waals surface area contributed by atoms with Gasteiger partial charge in [0, 0.05) is 11.8 Å². The first-order valence-electron chi connectivity index (χ1n) is 10.1. The summed E-state index contributed by atoms with van der Waals surface area (Å²) in [6, 6.07) is 19.5. The Hall–Kier alpha value is -3.14. The molecule has 0 unspecified atom stereocenters. The summed E-state index contributed by atoms with van der Waals surface area (Å²) in [4.78, 5) is 27.5. The third-order valence-electron chi connectivity index (χ3n) is 5.63. The van der Waals surface area contributed by atoms with Crippen LogP contribution in [-0.4, -0.2) is 29.0 Å². The molecule has 4 nitrogen and oxygen atoms in total. The Kier molecular flexibility index (Phi) is 5.61. The summed E-state index contributed by atoms with van der Waals surface area (Å²) in [5, 5.41) is 0. The lowest BCUT2D eigenvalue weighted by molar-refractivity contribution is -0.133. The van der Waals surface area contributed by atoms with Crippen molar-refractivity contribution >= 4 is 12.0 Å². The Morgan fingerprint density at radius 2 is 1.55 bits per heavy atom. The van der Waals surface area contributed by atoms with Crippen molar-refractivity contribution < 1.29 is 14.3 Å². The Morgan fingerprint density at radius 3 is 2.17 bits per heavy atom. The summed E-state index contributed by atoms with van der Waals surface area (Å²) in [6.07, 6.45) is 8.24. The van der Waals surface area contributed by atoms with Crippen LogP contribution < -0.4 is 0 Å². The van der Waals surface area contributed by atoms with Crippen LogP contribution in [-0.2, 0) is 22.4 Å². The molecule has 0 saturated carbocycles. The van der Waals surface area contributed by atoms with Crippen LogP contribution in [0.5, 0.6) is 0 Å². The number of cyclic esters (lactones) is 1. The van der Waals surface area contributed by atoms with Crippen LogP contribution in [0.25, 0.3) is 0 Å². The Morgan fingerprint density at radius 1 is 0.966 bits per heavy atom. The van der Waals surface area contributed by atoms with Crippen molar-refractivity contribution in [3.63, 3.8) is 0 Å². The molecular weight excluding hydrogens is 362 g/mol. The van der Waals surface area contributed by atoms with Gasteiger partial charge in [0.05, 0.1) is 6.04 Å². The number of ether oxygens (including phenoxy) is 1. The van der Waals surface area contributed by atoms with Crippen molar-refractivity contribution in [2.75, 3.05) is 0 Å². The van der Waals surface area contributed by atoms with Gasteiger partial charge in [-0.1, -0.05) is 91.9 Å². The molecule has 1 aliphatic carbocycles. The maximum atomic E-state index is 13.3. The van der Waals surface area contributed by atoms with E-state index >= 15 is 0 Å². The maximum Gasteiger partial charge on any atom is 0.417 e. The van der Waals surface area contributed by atoms with Crippen molar-refractivity contribution in [1.82, 2.24) is 4.90 Å². The SMILES string of the molecule is C[C@@H](Cc1ccccc1)C(=O)N1C(=O)O[C@@H](C2C=CC=C2)[C@H]1Cc1ccccc1. The fourth-order valence-corrected chi connectivity index (χ4v) is 4.15. The van der Waals surface area contributed by atoms with Crippen LogP contribution in [0.4, 0.5) is 4.79 Å². The third kappa shape index (κ3) is 4.16. The molecule has 148 valence electrons. The van der Waals surface area contributed by atoms with Crippen LogP contribution in [0, 0.1) is 11.8 Å². The van der Waals surface area contributed by atoms with Crippen LogP contribution >= 0.6 is 0 Å². The smallest absolute Gasteiger partial charge is 0.417 e. The lowest BCUT2D eigenvalue weighted by Crippen LogP contribution is -2.46. The highest BCUT2D eigenvalue weighted by atomic mass is 16.6. The molecule has 4 heteroatoms. The zero-order valence-corrected chi connectivity index (χ0v) is 16.5. The van der Waals surface area contributed by atoms with Crippen molar-refractivity contribution in [3.8, 4) is 0 Å². The molecule has 0 aromatic heterocycles. The predicted molar refractivity (Wildman–Crippen MR) is 112 cm³/mol. The summed E-state index contributed by atoms with van der Waals surface area (Å²) >= 11 is 0. The number of benzene rings is 2. The van der Waals surface area contributed by atoms with Gasteiger partial charge in [-0.15, -0.1) is 0 Å². The van der Waals surface area contributed by atoms with Gasteiger partial charge in [-0.3, -0.25) is 4.79 Å². The number of allylic oxidation sites excluding steroid dienone is 2. The van der Waals surface area contributed by atoms with Gasteiger partial charge < -0.3 is 4.74 Å². The second kappa shape index (κ2) is 8.48. The number of hydrogen-bond donors (Lipinski definition) is 0. The normalized spacial score (nSPS) is 22.1. The molecule has 2 amide bonds. The summed E-state index contributed by atoms with van der Waals surface area (Å²) in [5.41, 5.74) is 2.17. The quantitative estimate of drug-likeness (QED) is 0.730. The van der Waals surface area contributed by atoms with Gasteiger partial charge >= 0.3 is 6.09 Å². The minimum absolute atomic E-state index is 0.00473. The third-order valence-corrected chi connectivity index (χ3v) is 5.63. The van der Waals surface area contributed by atoms with Gasteiger partial charge in [0.15, 0.2) is 0 Å². The molecule has 1 saturated heterocycles. The zero-order valence-electron chi connectivity index (χ0n) is 16.5. The van der Waals surface area contributed by atoms with Crippen LogP contribution in [0.3, 0.4) is 0 Å². The van der Waals surface area contributed by atoms with Crippen LogP contribution in [0.1, 0.15) is 18.1 Å². The largest absolute Gasteiger partial charge is 0.443 e. The molecule has 0 bridgehead atoms. The molecule has 0 spiro atoms. The average molecular weight is 387 g/mol. The minimum atomic E-state index is -0.533. The van der Waals surface area contributed by atoms with Gasteiger partial charge in [-0.05, 0) is 24.0 Å². The number of rotatable bonds is 6. The molecule has 29 heavy (non-hydrogen) atoms. The van der Waals surface area contributed by atoms with E-state index in [0.717, 1.165) is 11.1 Å². The van der Waals surface area contributed by atoms with E-state index in [1.165, 1.54) is 4.90 Å². The van der Waals surface area contributed by atoms with E-state index < -0.39 is 6.09 Å². The molecule has 3 atom stereocenters. The standard InChI is InChI=1S/C25H25NO3/c1-18(16-19-10-4-2-5-11-19)24(27)26-22(17-20-12-6-3-7-13-20)23(29-25(26)28)21-14-8-9-15-21/h2-15,18,21-23H,16-17H2,1H3/t18-,22+,23-/m0/s1. The highest BCUT2D eigenvalue weighted by Gasteiger charge is 2.48. The van der Waals surface area contributed by atoms with E-state index in [4.69, 9.17) is 4.74 Å². The Balaban J connectivity index is 1.58. The predicted octanol–water partition coefficient (Wildman–Crippen LogP) is 4.57. The fraction of sp³-hybridized carbons (Fsp3) is 0.280. The molecule has 2 aromatic rings. The van der Waals surface area contributed by atoms with Crippen LogP contribution in [0.2, 0.25) is 0 Å². The summed E-state index contributed by atoms with van der Waals surface area (Å²) < 4.78 is 5.73. The topological polar surface area (TPSA) is 46.6 Å². The molecule has 2 aliphatic rings. The number of imide groups is 1. The number of nitrogens with zero attached hydrogens (tertiary/aromatic N) is 1. The van der Waals surface area contributed by atoms with E-state index in [9.17, 15) is 9.59 Å². The van der Waals surface area contributed by atoms with E-state index in [1.807, 2.05) is 91.9 Å². The average Bonchev–Trinajstić information content (AvgIpc) is 3.37. The summed E-state index contributed by atoms with van der Waals surface area (Å²) in [7, 11) is 0. The van der Waals surface area contributed by atoms with E-state index in [0.29, 0.717) is 12.8 Å². The number of hydrogen-bond acceptors (Lipinski definition) is 3. The molecule has 0 radical (unpaired) electrons. The van der Waals surface area contributed by atoms with Gasteiger partial charge in [0.2, 0.25) is 5.91 Å². The fourth-order valence-electron chi connectivity index (χ4n) is 4.15. The van der Waals surface area contributed by atoms with Gasteiger partial charge in [0.1, 0.15) is 6.10 Å². The van der Waals surface area contributed by atoms with E-state index in [2.05, 4.69) is 0 Å². The second-order valence-corrected chi connectivity index (χ2v) is 7.75. The van der Waals surface area contributed by atoms with Gasteiger partial charge in [0.25, 0.3) is 0 Å². The Bertz CT molecular complexity index is 908. The molecule has 1 fully saturated rings. The highest BCUT2D eigenvalue weighted by molar-refractivity contribution is 5.95. The zero-order chi connectivity index (χ0) is 20.2. The maximum absolute atomic E-state index is 13.3.